The first-order valence-corrected chi connectivity index (χ1v) is 7.16. The van der Waals surface area contributed by atoms with Crippen molar-refractivity contribution in [2.24, 2.45) is 7.05 Å². The van der Waals surface area contributed by atoms with Gasteiger partial charge in [0.2, 0.25) is 0 Å². The summed E-state index contributed by atoms with van der Waals surface area (Å²) in [5.74, 6) is 0.416. The fourth-order valence-corrected chi connectivity index (χ4v) is 2.74. The second-order valence-electron chi connectivity index (χ2n) is 4.71. The monoisotopic (exact) mass is 274 g/mol. The molecule has 0 saturated carbocycles. The first-order chi connectivity index (χ1) is 9.13. The van der Waals surface area contributed by atoms with E-state index in [4.69, 9.17) is 5.26 Å². The molecule has 19 heavy (non-hydrogen) atoms. The van der Waals surface area contributed by atoms with Crippen LogP contribution in [-0.2, 0) is 13.6 Å². The van der Waals surface area contributed by atoms with Crippen molar-refractivity contribution in [2.45, 2.75) is 26.3 Å². The lowest BCUT2D eigenvalue weighted by Gasteiger charge is -2.10. The lowest BCUT2D eigenvalue weighted by Crippen LogP contribution is -2.19. The number of rotatable bonds is 5. The van der Waals surface area contributed by atoms with Crippen LogP contribution >= 0.6 is 11.3 Å². The molecule has 0 radical (unpaired) electrons. The van der Waals surface area contributed by atoms with E-state index in [1.165, 1.54) is 5.56 Å². The molecule has 0 spiro atoms. The average molecular weight is 274 g/mol. The Morgan fingerprint density at radius 2 is 2.37 bits per heavy atom. The predicted octanol–water partition coefficient (Wildman–Crippen LogP) is 2.56. The third kappa shape index (κ3) is 3.03. The summed E-state index contributed by atoms with van der Waals surface area (Å²) >= 11 is 1.69. The molecule has 2 heterocycles. The van der Waals surface area contributed by atoms with E-state index in [0.717, 1.165) is 23.8 Å². The van der Waals surface area contributed by atoms with Gasteiger partial charge in [0.25, 0.3) is 0 Å². The van der Waals surface area contributed by atoms with E-state index in [1.54, 1.807) is 11.3 Å². The fourth-order valence-electron chi connectivity index (χ4n) is 2.04. The molecular formula is C14H18N4S. The number of nitrogens with one attached hydrogen (secondary N) is 1. The molecule has 100 valence electrons. The van der Waals surface area contributed by atoms with Crippen LogP contribution in [-0.4, -0.2) is 16.1 Å². The van der Waals surface area contributed by atoms with Gasteiger partial charge in [-0.3, -0.25) is 0 Å². The molecule has 5 heteroatoms. The van der Waals surface area contributed by atoms with Gasteiger partial charge in [-0.05, 0) is 18.6 Å². The van der Waals surface area contributed by atoms with Gasteiger partial charge in [0, 0.05) is 43.3 Å². The minimum Gasteiger partial charge on any atom is -0.340 e. The minimum absolute atomic E-state index is 0.416. The minimum atomic E-state index is 0.416. The van der Waals surface area contributed by atoms with Crippen molar-refractivity contribution in [3.8, 4) is 6.07 Å². The average Bonchev–Trinajstić information content (AvgIpc) is 3.02. The summed E-state index contributed by atoms with van der Waals surface area (Å²) in [5, 5.41) is 15.6. The molecule has 0 aliphatic heterocycles. The van der Waals surface area contributed by atoms with E-state index < -0.39 is 0 Å². The maximum atomic E-state index is 9.00. The van der Waals surface area contributed by atoms with Gasteiger partial charge in [0.15, 0.2) is 0 Å². The Bertz CT molecular complexity index is 577. The molecule has 0 aromatic carbocycles. The van der Waals surface area contributed by atoms with Gasteiger partial charge in [-0.15, -0.1) is 11.3 Å². The normalized spacial score (nSPS) is 12.3. The molecule has 0 aliphatic carbocycles. The predicted molar refractivity (Wildman–Crippen MR) is 77.1 cm³/mol. The van der Waals surface area contributed by atoms with Crippen molar-refractivity contribution >= 4 is 11.3 Å². The van der Waals surface area contributed by atoms with Crippen LogP contribution in [0.2, 0.25) is 0 Å². The highest BCUT2D eigenvalue weighted by molar-refractivity contribution is 7.09. The van der Waals surface area contributed by atoms with E-state index in [9.17, 15) is 0 Å². The molecule has 0 fully saturated rings. The molecule has 4 nitrogen and oxygen atoms in total. The zero-order valence-electron chi connectivity index (χ0n) is 11.5. The van der Waals surface area contributed by atoms with Crippen LogP contribution in [0.1, 0.15) is 34.8 Å². The molecule has 0 bridgehead atoms. The number of hydrogen-bond acceptors (Lipinski definition) is 4. The Morgan fingerprint density at radius 3 is 2.95 bits per heavy atom. The third-order valence-electron chi connectivity index (χ3n) is 3.39. The van der Waals surface area contributed by atoms with E-state index >= 15 is 0 Å². The van der Waals surface area contributed by atoms with E-state index in [0.29, 0.717) is 11.6 Å². The van der Waals surface area contributed by atoms with Crippen LogP contribution in [0, 0.1) is 18.3 Å². The largest absolute Gasteiger partial charge is 0.340 e. The highest BCUT2D eigenvalue weighted by Crippen LogP contribution is 2.17. The summed E-state index contributed by atoms with van der Waals surface area (Å²) in [4.78, 5) is 4.32. The summed E-state index contributed by atoms with van der Waals surface area (Å²) in [6.07, 6.45) is 1.84. The van der Waals surface area contributed by atoms with Crippen LogP contribution in [0.15, 0.2) is 17.6 Å². The zero-order valence-corrected chi connectivity index (χ0v) is 12.3. The molecule has 1 N–H and O–H groups in total. The zero-order chi connectivity index (χ0) is 13.8. The van der Waals surface area contributed by atoms with Crippen LogP contribution in [0.5, 0.6) is 0 Å². The summed E-state index contributed by atoms with van der Waals surface area (Å²) in [6.45, 7) is 5.90. The van der Waals surface area contributed by atoms with Crippen molar-refractivity contribution in [2.75, 3.05) is 6.54 Å². The molecule has 2 aromatic heterocycles. The van der Waals surface area contributed by atoms with Gasteiger partial charge >= 0.3 is 0 Å². The van der Waals surface area contributed by atoms with Gasteiger partial charge in [0.1, 0.15) is 11.8 Å². The Morgan fingerprint density at radius 1 is 1.58 bits per heavy atom. The van der Waals surface area contributed by atoms with Crippen LogP contribution in [0.3, 0.4) is 0 Å². The van der Waals surface area contributed by atoms with Crippen molar-refractivity contribution < 1.29 is 0 Å². The maximum absolute atomic E-state index is 9.00. The Hall–Kier alpha value is -1.64. The van der Waals surface area contributed by atoms with Crippen molar-refractivity contribution in [1.82, 2.24) is 14.9 Å². The van der Waals surface area contributed by atoms with Crippen molar-refractivity contribution in [1.29, 1.82) is 5.26 Å². The van der Waals surface area contributed by atoms with Crippen molar-refractivity contribution in [3.63, 3.8) is 0 Å². The smallest absolute Gasteiger partial charge is 0.120 e. The van der Waals surface area contributed by atoms with E-state index in [1.807, 2.05) is 36.2 Å². The number of nitriles is 1. The SMILES string of the molecule is Cc1c(CNCC(C)c2nccs2)cc(C#N)n1C. The van der Waals surface area contributed by atoms with E-state index in [-0.39, 0.29) is 0 Å². The number of hydrogen-bond donors (Lipinski definition) is 1. The maximum Gasteiger partial charge on any atom is 0.120 e. The highest BCUT2D eigenvalue weighted by Gasteiger charge is 2.10. The standard InChI is InChI=1S/C14H18N4S/c1-10(14-17-4-5-19-14)8-16-9-12-6-13(7-15)18(3)11(12)2/h4-6,10,16H,8-9H2,1-3H3. The van der Waals surface area contributed by atoms with Crippen LogP contribution < -0.4 is 5.32 Å². The molecule has 0 saturated heterocycles. The first-order valence-electron chi connectivity index (χ1n) is 6.29. The topological polar surface area (TPSA) is 53.6 Å². The summed E-state index contributed by atoms with van der Waals surface area (Å²) in [7, 11) is 1.93. The van der Waals surface area contributed by atoms with E-state index in [2.05, 4.69) is 23.3 Å². The van der Waals surface area contributed by atoms with Gasteiger partial charge in [-0.2, -0.15) is 5.26 Å². The Labute approximate surface area is 117 Å². The summed E-state index contributed by atoms with van der Waals surface area (Å²) in [5.41, 5.74) is 3.04. The lowest BCUT2D eigenvalue weighted by molar-refractivity contribution is 0.610. The summed E-state index contributed by atoms with van der Waals surface area (Å²) in [6, 6.07) is 4.16. The number of nitrogens with zero attached hydrogens (tertiary/aromatic N) is 3. The van der Waals surface area contributed by atoms with Crippen LogP contribution in [0.25, 0.3) is 0 Å². The van der Waals surface area contributed by atoms with Gasteiger partial charge < -0.3 is 9.88 Å². The van der Waals surface area contributed by atoms with Gasteiger partial charge in [0.05, 0.1) is 5.01 Å². The molecule has 1 unspecified atom stereocenters. The molecule has 0 aliphatic rings. The molecular weight excluding hydrogens is 256 g/mol. The number of aromatic nitrogens is 2. The second-order valence-corrected chi connectivity index (χ2v) is 5.64. The third-order valence-corrected chi connectivity index (χ3v) is 4.40. The molecule has 1 atom stereocenters. The van der Waals surface area contributed by atoms with Crippen LogP contribution in [0.4, 0.5) is 0 Å². The Balaban J connectivity index is 1.91. The second kappa shape index (κ2) is 6.00. The van der Waals surface area contributed by atoms with Gasteiger partial charge in [-0.25, -0.2) is 4.98 Å². The molecule has 2 aromatic rings. The van der Waals surface area contributed by atoms with Gasteiger partial charge in [-0.1, -0.05) is 6.92 Å². The highest BCUT2D eigenvalue weighted by atomic mass is 32.1. The summed E-state index contributed by atoms with van der Waals surface area (Å²) < 4.78 is 1.93. The molecule has 0 amide bonds. The fraction of sp³-hybridized carbons (Fsp3) is 0.429. The molecule has 2 rings (SSSR count). The Kier molecular flexibility index (Phi) is 4.35. The lowest BCUT2D eigenvalue weighted by atomic mass is 10.2. The quantitative estimate of drug-likeness (QED) is 0.911. The van der Waals surface area contributed by atoms with Crippen molar-refractivity contribution in [3.05, 3.63) is 39.6 Å². The number of thiazole rings is 1. The first kappa shape index (κ1) is 13.8.